The van der Waals surface area contributed by atoms with Gasteiger partial charge >= 0.3 is 0 Å². The molecule has 0 radical (unpaired) electrons. The van der Waals surface area contributed by atoms with E-state index in [1.807, 2.05) is 13.0 Å². The Balaban J connectivity index is 0.00000242. The molecule has 6 nitrogen and oxygen atoms in total. The zero-order chi connectivity index (χ0) is 15.4. The zero-order valence-electron chi connectivity index (χ0n) is 12.7. The van der Waals surface area contributed by atoms with Gasteiger partial charge in [-0.15, -0.1) is 12.4 Å². The van der Waals surface area contributed by atoms with Crippen LogP contribution in [-0.4, -0.2) is 30.6 Å². The molecule has 1 aliphatic heterocycles. The molecular formula is C15H22ClN3O3. The van der Waals surface area contributed by atoms with Crippen molar-refractivity contribution in [3.05, 3.63) is 23.8 Å². The van der Waals surface area contributed by atoms with E-state index in [0.717, 1.165) is 12.0 Å². The second-order valence-electron chi connectivity index (χ2n) is 5.26. The third-order valence-corrected chi connectivity index (χ3v) is 3.48. The fourth-order valence-corrected chi connectivity index (χ4v) is 2.32. The minimum atomic E-state index is -0.456. The van der Waals surface area contributed by atoms with Crippen molar-refractivity contribution in [2.45, 2.75) is 38.9 Å². The van der Waals surface area contributed by atoms with Crippen LogP contribution >= 0.6 is 12.4 Å². The maximum Gasteiger partial charge on any atom is 0.253 e. The van der Waals surface area contributed by atoms with E-state index in [0.29, 0.717) is 24.3 Å². The molecule has 0 aromatic heterocycles. The zero-order valence-corrected chi connectivity index (χ0v) is 13.5. The molecule has 7 heteroatoms. The van der Waals surface area contributed by atoms with E-state index in [-0.39, 0.29) is 30.3 Å². The molecule has 1 heterocycles. The lowest BCUT2D eigenvalue weighted by molar-refractivity contribution is -0.126. The predicted molar refractivity (Wildman–Crippen MR) is 88.3 cm³/mol. The minimum Gasteiger partial charge on any atom is -0.364 e. The molecule has 0 spiro atoms. The van der Waals surface area contributed by atoms with Crippen LogP contribution in [0.4, 0.5) is 11.4 Å². The van der Waals surface area contributed by atoms with Gasteiger partial charge in [-0.3, -0.25) is 9.59 Å². The Morgan fingerprint density at radius 2 is 2.05 bits per heavy atom. The van der Waals surface area contributed by atoms with E-state index in [2.05, 4.69) is 10.6 Å². The van der Waals surface area contributed by atoms with Crippen molar-refractivity contribution >= 4 is 35.6 Å². The Kier molecular flexibility index (Phi) is 6.80. The number of amides is 2. The number of carbonyl (C=O) groups is 2. The van der Waals surface area contributed by atoms with Gasteiger partial charge in [-0.1, -0.05) is 6.07 Å². The predicted octanol–water partition coefficient (Wildman–Crippen LogP) is 1.82. The summed E-state index contributed by atoms with van der Waals surface area (Å²) in [6.45, 7) is 3.77. The van der Waals surface area contributed by atoms with Gasteiger partial charge < -0.3 is 21.1 Å². The summed E-state index contributed by atoms with van der Waals surface area (Å²) >= 11 is 0. The van der Waals surface area contributed by atoms with Crippen molar-refractivity contribution in [3.8, 4) is 0 Å². The Bertz CT molecular complexity index is 551. The molecule has 2 amide bonds. The number of hydrogen-bond acceptors (Lipinski definition) is 4. The third kappa shape index (κ3) is 4.69. The van der Waals surface area contributed by atoms with Crippen LogP contribution in [0.15, 0.2) is 18.2 Å². The van der Waals surface area contributed by atoms with Crippen LogP contribution in [0.1, 0.15) is 25.3 Å². The normalized spacial score (nSPS) is 20.1. The summed E-state index contributed by atoms with van der Waals surface area (Å²) in [6, 6.07) is 5.38. The van der Waals surface area contributed by atoms with Gasteiger partial charge in [0.1, 0.15) is 6.10 Å². The molecule has 2 rings (SSSR count). The first-order chi connectivity index (χ1) is 9.99. The molecule has 22 heavy (non-hydrogen) atoms. The van der Waals surface area contributed by atoms with Crippen molar-refractivity contribution in [2.24, 2.45) is 5.73 Å². The maximum absolute atomic E-state index is 12.2. The average Bonchev–Trinajstić information content (AvgIpc) is 2.91. The number of nitrogens with one attached hydrogen (secondary N) is 2. The highest BCUT2D eigenvalue weighted by molar-refractivity contribution is 5.96. The summed E-state index contributed by atoms with van der Waals surface area (Å²) in [5, 5.41) is 5.55. The van der Waals surface area contributed by atoms with Gasteiger partial charge in [0.05, 0.1) is 6.10 Å². The van der Waals surface area contributed by atoms with Crippen molar-refractivity contribution < 1.29 is 14.3 Å². The largest absolute Gasteiger partial charge is 0.364 e. The lowest BCUT2D eigenvalue weighted by Gasteiger charge is -2.15. The highest BCUT2D eigenvalue weighted by Gasteiger charge is 2.30. The van der Waals surface area contributed by atoms with Gasteiger partial charge in [0.15, 0.2) is 0 Å². The highest BCUT2D eigenvalue weighted by atomic mass is 35.5. The number of ether oxygens (including phenoxy) is 1. The number of nitrogens with two attached hydrogens (primary N) is 1. The van der Waals surface area contributed by atoms with Crippen molar-refractivity contribution in [2.75, 3.05) is 17.2 Å². The molecule has 4 N–H and O–H groups in total. The van der Waals surface area contributed by atoms with E-state index >= 15 is 0 Å². The van der Waals surface area contributed by atoms with Gasteiger partial charge in [-0.05, 0) is 37.5 Å². The fourth-order valence-electron chi connectivity index (χ4n) is 2.32. The number of aryl methyl sites for hydroxylation is 1. The standard InChI is InChI=1S/C15H21N3O3.ClH/c1-9-3-4-11(17-10(2)19)7-13(9)18-15(20)14-6-5-12(8-16)21-14;/h3-4,7,12,14H,5-6,8,16H2,1-2H3,(H,17,19)(H,18,20);1H/t12-,14+;/m1./s1. The van der Waals surface area contributed by atoms with Crippen LogP contribution < -0.4 is 16.4 Å². The van der Waals surface area contributed by atoms with Gasteiger partial charge in [0.25, 0.3) is 5.91 Å². The van der Waals surface area contributed by atoms with Crippen LogP contribution in [0.2, 0.25) is 0 Å². The van der Waals surface area contributed by atoms with Crippen molar-refractivity contribution in [3.63, 3.8) is 0 Å². The van der Waals surface area contributed by atoms with Crippen LogP contribution in [0.5, 0.6) is 0 Å². The third-order valence-electron chi connectivity index (χ3n) is 3.48. The molecule has 1 aromatic rings. The van der Waals surface area contributed by atoms with Crippen LogP contribution in [0.25, 0.3) is 0 Å². The Hall–Kier alpha value is -1.63. The number of benzene rings is 1. The van der Waals surface area contributed by atoms with Gasteiger partial charge in [-0.2, -0.15) is 0 Å². The Labute approximate surface area is 136 Å². The maximum atomic E-state index is 12.2. The molecule has 0 saturated carbocycles. The van der Waals surface area contributed by atoms with E-state index in [4.69, 9.17) is 10.5 Å². The summed E-state index contributed by atoms with van der Waals surface area (Å²) in [5.74, 6) is -0.324. The molecule has 1 saturated heterocycles. The molecule has 1 aromatic carbocycles. The van der Waals surface area contributed by atoms with Crippen molar-refractivity contribution in [1.82, 2.24) is 0 Å². The molecular weight excluding hydrogens is 306 g/mol. The van der Waals surface area contributed by atoms with Crippen LogP contribution in [-0.2, 0) is 14.3 Å². The number of rotatable bonds is 4. The summed E-state index contributed by atoms with van der Waals surface area (Å²) in [6.07, 6.45) is 0.993. The number of anilines is 2. The molecule has 2 atom stereocenters. The molecule has 0 aliphatic carbocycles. The molecule has 1 aliphatic rings. The highest BCUT2D eigenvalue weighted by Crippen LogP contribution is 2.24. The molecule has 0 unspecified atom stereocenters. The van der Waals surface area contributed by atoms with Gasteiger partial charge in [0.2, 0.25) is 5.91 Å². The quantitative estimate of drug-likeness (QED) is 0.786. The SMILES string of the molecule is CC(=O)Nc1ccc(C)c(NC(=O)[C@@H]2CC[C@H](CN)O2)c1.Cl. The monoisotopic (exact) mass is 327 g/mol. The summed E-state index contributed by atoms with van der Waals surface area (Å²) in [4.78, 5) is 23.3. The Morgan fingerprint density at radius 3 is 2.64 bits per heavy atom. The molecule has 1 fully saturated rings. The first-order valence-electron chi connectivity index (χ1n) is 7.04. The second kappa shape index (κ2) is 8.12. The molecule has 122 valence electrons. The van der Waals surface area contributed by atoms with Crippen LogP contribution in [0, 0.1) is 6.92 Å². The van der Waals surface area contributed by atoms with E-state index in [9.17, 15) is 9.59 Å². The average molecular weight is 328 g/mol. The second-order valence-corrected chi connectivity index (χ2v) is 5.26. The van der Waals surface area contributed by atoms with E-state index < -0.39 is 6.10 Å². The van der Waals surface area contributed by atoms with E-state index in [1.165, 1.54) is 6.92 Å². The topological polar surface area (TPSA) is 93.5 Å². The summed E-state index contributed by atoms with van der Waals surface area (Å²) < 4.78 is 5.57. The smallest absolute Gasteiger partial charge is 0.253 e. The van der Waals surface area contributed by atoms with Crippen LogP contribution in [0.3, 0.4) is 0 Å². The lowest BCUT2D eigenvalue weighted by atomic mass is 10.1. The minimum absolute atomic E-state index is 0. The van der Waals surface area contributed by atoms with Gasteiger partial charge in [0, 0.05) is 24.8 Å². The fraction of sp³-hybridized carbons (Fsp3) is 0.467. The molecule has 0 bridgehead atoms. The van der Waals surface area contributed by atoms with E-state index in [1.54, 1.807) is 12.1 Å². The first kappa shape index (κ1) is 18.4. The van der Waals surface area contributed by atoms with Crippen molar-refractivity contribution in [1.29, 1.82) is 0 Å². The first-order valence-corrected chi connectivity index (χ1v) is 7.04. The van der Waals surface area contributed by atoms with Gasteiger partial charge in [-0.25, -0.2) is 0 Å². The number of hydrogen-bond donors (Lipinski definition) is 3. The number of halogens is 1. The number of carbonyl (C=O) groups excluding carboxylic acids is 2. The summed E-state index contributed by atoms with van der Waals surface area (Å²) in [7, 11) is 0. The lowest BCUT2D eigenvalue weighted by Crippen LogP contribution is -2.30. The Morgan fingerprint density at radius 1 is 1.32 bits per heavy atom. The summed E-state index contributed by atoms with van der Waals surface area (Å²) in [5.41, 5.74) is 7.79.